The molecule has 0 aliphatic carbocycles. The molecule has 8 heteroatoms. The molecule has 0 fully saturated rings. The highest BCUT2D eigenvalue weighted by atomic mass is 16.6. The predicted molar refractivity (Wildman–Crippen MR) is 104 cm³/mol. The van der Waals surface area contributed by atoms with Gasteiger partial charge in [-0.05, 0) is 42.8 Å². The van der Waals surface area contributed by atoms with Crippen LogP contribution in [0, 0.1) is 10.1 Å². The molecule has 1 N–H and O–H groups in total. The lowest BCUT2D eigenvalue weighted by molar-refractivity contribution is -0.385. The molecule has 2 aromatic carbocycles. The minimum atomic E-state index is -0.423. The molecule has 1 unspecified atom stereocenters. The van der Waals surface area contributed by atoms with Gasteiger partial charge in [-0.25, -0.2) is 0 Å². The molecule has 8 nitrogen and oxygen atoms in total. The highest BCUT2D eigenvalue weighted by Crippen LogP contribution is 2.32. The van der Waals surface area contributed by atoms with Crippen molar-refractivity contribution in [2.45, 2.75) is 12.3 Å². The molecule has 2 rings (SSSR count). The van der Waals surface area contributed by atoms with Crippen LogP contribution in [-0.4, -0.2) is 45.3 Å². The summed E-state index contributed by atoms with van der Waals surface area (Å²) >= 11 is 0. The number of methoxy groups -OCH3 is 3. The molecule has 1 amide bonds. The van der Waals surface area contributed by atoms with E-state index in [4.69, 9.17) is 14.2 Å². The van der Waals surface area contributed by atoms with Gasteiger partial charge in [0.1, 0.15) is 11.5 Å². The van der Waals surface area contributed by atoms with Gasteiger partial charge < -0.3 is 19.5 Å². The van der Waals surface area contributed by atoms with Crippen LogP contribution in [0.5, 0.6) is 11.5 Å². The molecule has 0 aliphatic heterocycles. The van der Waals surface area contributed by atoms with Crippen molar-refractivity contribution >= 4 is 11.6 Å². The van der Waals surface area contributed by atoms with E-state index in [9.17, 15) is 14.9 Å². The van der Waals surface area contributed by atoms with Gasteiger partial charge in [-0.1, -0.05) is 0 Å². The summed E-state index contributed by atoms with van der Waals surface area (Å²) in [6.07, 6.45) is 0.476. The van der Waals surface area contributed by atoms with Gasteiger partial charge in [-0.2, -0.15) is 0 Å². The molecule has 28 heavy (non-hydrogen) atoms. The number of nitrogens with one attached hydrogen (secondary N) is 1. The van der Waals surface area contributed by atoms with Crippen molar-refractivity contribution in [2.24, 2.45) is 0 Å². The van der Waals surface area contributed by atoms with E-state index < -0.39 is 4.92 Å². The van der Waals surface area contributed by atoms with Gasteiger partial charge in [0.2, 0.25) is 0 Å². The van der Waals surface area contributed by atoms with Gasteiger partial charge in [0.15, 0.2) is 0 Å². The van der Waals surface area contributed by atoms with E-state index in [1.807, 2.05) is 0 Å². The summed E-state index contributed by atoms with van der Waals surface area (Å²) in [5.41, 5.74) is 1.03. The first-order chi connectivity index (χ1) is 13.5. The van der Waals surface area contributed by atoms with Crippen LogP contribution in [0.4, 0.5) is 5.69 Å². The summed E-state index contributed by atoms with van der Waals surface area (Å²) < 4.78 is 15.5. The third-order valence-electron chi connectivity index (χ3n) is 4.37. The van der Waals surface area contributed by atoms with Crippen LogP contribution in [0.1, 0.15) is 28.3 Å². The molecule has 0 heterocycles. The molecule has 0 saturated carbocycles. The van der Waals surface area contributed by atoms with E-state index in [1.165, 1.54) is 20.3 Å². The number of rotatable bonds is 10. The fourth-order valence-corrected chi connectivity index (χ4v) is 2.89. The minimum Gasteiger partial charge on any atom is -0.497 e. The predicted octanol–water partition coefficient (Wildman–Crippen LogP) is 3.16. The average molecular weight is 388 g/mol. The Hall–Kier alpha value is -3.13. The molecule has 0 aromatic heterocycles. The van der Waals surface area contributed by atoms with Gasteiger partial charge in [0, 0.05) is 36.8 Å². The average Bonchev–Trinajstić information content (AvgIpc) is 2.72. The molecule has 1 atom stereocenters. The molecule has 0 radical (unpaired) electrons. The van der Waals surface area contributed by atoms with Crippen molar-refractivity contribution in [1.29, 1.82) is 0 Å². The number of nitro benzene ring substituents is 1. The number of amides is 1. The zero-order valence-corrected chi connectivity index (χ0v) is 16.1. The maximum atomic E-state index is 12.3. The van der Waals surface area contributed by atoms with Gasteiger partial charge in [-0.15, -0.1) is 0 Å². The number of nitrogens with zero attached hydrogens (tertiary/aromatic N) is 1. The topological polar surface area (TPSA) is 99.9 Å². The molecular weight excluding hydrogens is 364 g/mol. The van der Waals surface area contributed by atoms with Gasteiger partial charge in [0.05, 0.1) is 25.7 Å². The first kappa shape index (κ1) is 21.2. The number of nitro groups is 1. The van der Waals surface area contributed by atoms with Crippen molar-refractivity contribution < 1.29 is 23.9 Å². The number of ether oxygens (including phenoxy) is 3. The lowest BCUT2D eigenvalue weighted by Crippen LogP contribution is -2.26. The third kappa shape index (κ3) is 5.43. The molecule has 0 aliphatic rings. The molecule has 0 saturated heterocycles. The molecule has 150 valence electrons. The maximum absolute atomic E-state index is 12.3. The van der Waals surface area contributed by atoms with Crippen LogP contribution in [0.3, 0.4) is 0 Å². The second-order valence-corrected chi connectivity index (χ2v) is 6.11. The number of hydrogen-bond donors (Lipinski definition) is 1. The lowest BCUT2D eigenvalue weighted by atomic mass is 9.94. The zero-order valence-electron chi connectivity index (χ0n) is 16.1. The molecule has 0 spiro atoms. The Bertz CT molecular complexity index is 807. The van der Waals surface area contributed by atoms with Gasteiger partial charge in [0.25, 0.3) is 11.6 Å². The van der Waals surface area contributed by atoms with E-state index >= 15 is 0 Å². The molecule has 0 bridgehead atoms. The first-order valence-corrected chi connectivity index (χ1v) is 8.73. The summed E-state index contributed by atoms with van der Waals surface area (Å²) in [6.45, 7) is 0.625. The lowest BCUT2D eigenvalue weighted by Gasteiger charge is -2.18. The first-order valence-electron chi connectivity index (χ1n) is 8.73. The Balaban J connectivity index is 2.08. The van der Waals surface area contributed by atoms with Crippen LogP contribution in [-0.2, 0) is 4.74 Å². The normalized spacial score (nSPS) is 11.5. The smallest absolute Gasteiger partial charge is 0.273 e. The summed E-state index contributed by atoms with van der Waals surface area (Å²) in [5, 5.41) is 14.2. The van der Waals surface area contributed by atoms with E-state index in [0.29, 0.717) is 35.6 Å². The Morgan fingerprint density at radius 3 is 2.29 bits per heavy atom. The fraction of sp³-hybridized carbons (Fsp3) is 0.350. The monoisotopic (exact) mass is 388 g/mol. The van der Waals surface area contributed by atoms with Crippen molar-refractivity contribution in [3.05, 3.63) is 63.7 Å². The Kier molecular flexibility index (Phi) is 7.76. The van der Waals surface area contributed by atoms with Gasteiger partial charge in [-0.3, -0.25) is 14.9 Å². The summed E-state index contributed by atoms with van der Waals surface area (Å²) in [5.74, 6) is 0.710. The van der Waals surface area contributed by atoms with Crippen LogP contribution >= 0.6 is 0 Å². The van der Waals surface area contributed by atoms with Crippen molar-refractivity contribution in [3.63, 3.8) is 0 Å². The van der Waals surface area contributed by atoms with Crippen LogP contribution in [0.25, 0.3) is 0 Å². The maximum Gasteiger partial charge on any atom is 0.273 e. The summed E-state index contributed by atoms with van der Waals surface area (Å²) in [7, 11) is 4.60. The molecule has 2 aromatic rings. The van der Waals surface area contributed by atoms with Crippen LogP contribution in [0.15, 0.2) is 42.5 Å². The Morgan fingerprint density at radius 1 is 1.07 bits per heavy atom. The van der Waals surface area contributed by atoms with E-state index in [1.54, 1.807) is 43.5 Å². The van der Waals surface area contributed by atoms with Crippen LogP contribution < -0.4 is 14.8 Å². The number of benzene rings is 2. The van der Waals surface area contributed by atoms with Crippen molar-refractivity contribution in [2.75, 3.05) is 34.5 Å². The Labute approximate surface area is 163 Å². The number of carbonyl (C=O) groups is 1. The largest absolute Gasteiger partial charge is 0.497 e. The summed E-state index contributed by atoms with van der Waals surface area (Å²) in [6, 6.07) is 11.4. The number of hydrogen-bond acceptors (Lipinski definition) is 6. The SMILES string of the molecule is COCC(CCNC(=O)c1ccc(OC)cc1)c1cc(OC)ccc1[N+](=O)[O-]. The second-order valence-electron chi connectivity index (χ2n) is 6.11. The van der Waals surface area contributed by atoms with Crippen molar-refractivity contribution in [3.8, 4) is 11.5 Å². The number of carbonyl (C=O) groups excluding carboxylic acids is 1. The summed E-state index contributed by atoms with van der Waals surface area (Å²) in [4.78, 5) is 23.3. The third-order valence-corrected chi connectivity index (χ3v) is 4.37. The highest BCUT2D eigenvalue weighted by molar-refractivity contribution is 5.94. The quantitative estimate of drug-likeness (QED) is 0.496. The van der Waals surface area contributed by atoms with E-state index in [0.717, 1.165) is 0 Å². The fourth-order valence-electron chi connectivity index (χ4n) is 2.89. The van der Waals surface area contributed by atoms with Crippen LogP contribution in [0.2, 0.25) is 0 Å². The standard InChI is InChI=1S/C20H24N2O6/c1-26-13-15(18-12-17(28-3)8-9-19(18)22(24)25)10-11-21-20(23)14-4-6-16(27-2)7-5-14/h4-9,12,15H,10-11,13H2,1-3H3,(H,21,23). The Morgan fingerprint density at radius 2 is 1.71 bits per heavy atom. The van der Waals surface area contributed by atoms with E-state index in [2.05, 4.69) is 5.32 Å². The van der Waals surface area contributed by atoms with Gasteiger partial charge >= 0.3 is 0 Å². The van der Waals surface area contributed by atoms with E-state index in [-0.39, 0.29) is 24.1 Å². The highest BCUT2D eigenvalue weighted by Gasteiger charge is 2.23. The minimum absolute atomic E-state index is 0.00401. The van der Waals surface area contributed by atoms with Crippen molar-refractivity contribution in [1.82, 2.24) is 5.32 Å². The second kappa shape index (κ2) is 10.3. The zero-order chi connectivity index (χ0) is 20.5. The molecular formula is C20H24N2O6.